The van der Waals surface area contributed by atoms with Gasteiger partial charge in [0.05, 0.1) is 5.75 Å². The maximum absolute atomic E-state index is 11.6. The molecule has 0 radical (unpaired) electrons. The monoisotopic (exact) mass is 206 g/mol. The first-order chi connectivity index (χ1) is 4.95. The topological polar surface area (TPSA) is 0 Å². The maximum atomic E-state index is 11.6. The lowest BCUT2D eigenvalue weighted by Gasteiger charge is -2.08. The molecule has 0 aliphatic heterocycles. The molecule has 1 atom stereocenters. The van der Waals surface area contributed by atoms with Crippen molar-refractivity contribution in [3.8, 4) is 0 Å². The lowest BCUT2D eigenvalue weighted by atomic mass is 10.3. The van der Waals surface area contributed by atoms with Crippen molar-refractivity contribution in [1.82, 2.24) is 0 Å². The SMILES string of the molecule is CC(CCl)CSCC(F)(F)F. The standard InChI is InChI=1S/C6H10ClF3S/c1-5(2-7)3-11-4-6(8,9)10/h5H,2-4H2,1H3. The summed E-state index contributed by atoms with van der Waals surface area (Å²) in [5, 5.41) is 0. The van der Waals surface area contributed by atoms with Crippen molar-refractivity contribution in [2.45, 2.75) is 13.1 Å². The van der Waals surface area contributed by atoms with Crippen molar-refractivity contribution in [1.29, 1.82) is 0 Å². The average Bonchev–Trinajstić information content (AvgIpc) is 1.85. The minimum atomic E-state index is -4.04. The molecular weight excluding hydrogens is 197 g/mol. The quantitative estimate of drug-likeness (QED) is 0.637. The van der Waals surface area contributed by atoms with Gasteiger partial charge in [-0.05, 0) is 11.7 Å². The smallest absolute Gasteiger partial charge is 0.170 e. The third-order valence-electron chi connectivity index (χ3n) is 0.932. The van der Waals surface area contributed by atoms with Gasteiger partial charge >= 0.3 is 6.18 Å². The molecule has 0 N–H and O–H groups in total. The van der Waals surface area contributed by atoms with E-state index in [0.717, 1.165) is 11.8 Å². The van der Waals surface area contributed by atoms with E-state index in [-0.39, 0.29) is 5.92 Å². The van der Waals surface area contributed by atoms with E-state index in [1.807, 2.05) is 6.92 Å². The summed E-state index contributed by atoms with van der Waals surface area (Å²) in [6.45, 7) is 1.83. The minimum absolute atomic E-state index is 0.156. The second-order valence-corrected chi connectivity index (χ2v) is 3.73. The summed E-state index contributed by atoms with van der Waals surface area (Å²) in [5.74, 6) is 0.284. The van der Waals surface area contributed by atoms with Crippen LogP contribution in [-0.2, 0) is 0 Å². The molecule has 0 saturated carbocycles. The highest BCUT2D eigenvalue weighted by Crippen LogP contribution is 2.22. The molecule has 1 unspecified atom stereocenters. The van der Waals surface area contributed by atoms with Gasteiger partial charge in [0, 0.05) is 5.88 Å². The van der Waals surface area contributed by atoms with Gasteiger partial charge in [0.15, 0.2) is 0 Å². The number of thioether (sulfide) groups is 1. The predicted molar refractivity (Wildman–Crippen MR) is 43.3 cm³/mol. The van der Waals surface area contributed by atoms with Gasteiger partial charge in [-0.15, -0.1) is 11.6 Å². The highest BCUT2D eigenvalue weighted by molar-refractivity contribution is 7.99. The van der Waals surface area contributed by atoms with Gasteiger partial charge < -0.3 is 0 Å². The van der Waals surface area contributed by atoms with E-state index in [4.69, 9.17) is 11.6 Å². The van der Waals surface area contributed by atoms with Crippen LogP contribution in [0.1, 0.15) is 6.92 Å². The van der Waals surface area contributed by atoms with Gasteiger partial charge in [0.2, 0.25) is 0 Å². The molecule has 0 aromatic heterocycles. The summed E-state index contributed by atoms with van der Waals surface area (Å²) < 4.78 is 34.7. The summed E-state index contributed by atoms with van der Waals surface area (Å²) in [4.78, 5) is 0. The summed E-state index contributed by atoms with van der Waals surface area (Å²) >= 11 is 6.29. The first kappa shape index (κ1) is 11.4. The van der Waals surface area contributed by atoms with Crippen molar-refractivity contribution < 1.29 is 13.2 Å². The van der Waals surface area contributed by atoms with Crippen LogP contribution in [-0.4, -0.2) is 23.6 Å². The average molecular weight is 207 g/mol. The predicted octanol–water partition coefficient (Wildman–Crippen LogP) is 3.16. The first-order valence-electron chi connectivity index (χ1n) is 3.16. The van der Waals surface area contributed by atoms with Crippen molar-refractivity contribution in [3.05, 3.63) is 0 Å². The minimum Gasteiger partial charge on any atom is -0.170 e. The van der Waals surface area contributed by atoms with E-state index in [9.17, 15) is 13.2 Å². The molecule has 0 nitrogen and oxygen atoms in total. The Morgan fingerprint density at radius 1 is 1.45 bits per heavy atom. The van der Waals surface area contributed by atoms with Gasteiger partial charge in [-0.25, -0.2) is 0 Å². The molecule has 0 spiro atoms. The zero-order valence-electron chi connectivity index (χ0n) is 6.12. The fraction of sp³-hybridized carbons (Fsp3) is 1.00. The van der Waals surface area contributed by atoms with E-state index in [2.05, 4.69) is 0 Å². The number of hydrogen-bond acceptors (Lipinski definition) is 1. The van der Waals surface area contributed by atoms with Gasteiger partial charge in [-0.3, -0.25) is 0 Å². The van der Waals surface area contributed by atoms with Crippen LogP contribution in [0.25, 0.3) is 0 Å². The van der Waals surface area contributed by atoms with E-state index < -0.39 is 11.9 Å². The normalized spacial score (nSPS) is 15.0. The fourth-order valence-corrected chi connectivity index (χ4v) is 1.53. The molecule has 0 rings (SSSR count). The van der Waals surface area contributed by atoms with E-state index in [0.29, 0.717) is 11.6 Å². The molecule has 11 heavy (non-hydrogen) atoms. The Hall–Kier alpha value is 0.430. The van der Waals surface area contributed by atoms with Crippen molar-refractivity contribution in [2.24, 2.45) is 5.92 Å². The molecule has 0 aliphatic rings. The molecule has 68 valence electrons. The van der Waals surface area contributed by atoms with Crippen LogP contribution in [0, 0.1) is 5.92 Å². The van der Waals surface area contributed by atoms with Crippen LogP contribution >= 0.6 is 23.4 Å². The zero-order valence-corrected chi connectivity index (χ0v) is 7.69. The highest BCUT2D eigenvalue weighted by Gasteiger charge is 2.26. The lowest BCUT2D eigenvalue weighted by Crippen LogP contribution is -2.12. The van der Waals surface area contributed by atoms with Crippen LogP contribution in [0.3, 0.4) is 0 Å². The first-order valence-corrected chi connectivity index (χ1v) is 4.85. The Labute approximate surface area is 73.5 Å². The Morgan fingerprint density at radius 3 is 2.36 bits per heavy atom. The largest absolute Gasteiger partial charge is 0.397 e. The van der Waals surface area contributed by atoms with Crippen LogP contribution in [0.15, 0.2) is 0 Å². The van der Waals surface area contributed by atoms with E-state index in [1.165, 1.54) is 0 Å². The molecule has 0 aromatic carbocycles. The second-order valence-electron chi connectivity index (χ2n) is 2.39. The second kappa shape index (κ2) is 5.14. The lowest BCUT2D eigenvalue weighted by molar-refractivity contribution is -0.105. The molecule has 0 bridgehead atoms. The highest BCUT2D eigenvalue weighted by atomic mass is 35.5. The Morgan fingerprint density at radius 2 is 2.00 bits per heavy atom. The van der Waals surface area contributed by atoms with Crippen molar-refractivity contribution >= 4 is 23.4 Å². The van der Waals surface area contributed by atoms with Crippen molar-refractivity contribution in [3.63, 3.8) is 0 Å². The molecule has 0 fully saturated rings. The van der Waals surface area contributed by atoms with Crippen LogP contribution in [0.4, 0.5) is 13.2 Å². The number of halogens is 4. The zero-order chi connectivity index (χ0) is 8.91. The molecule has 0 heterocycles. The molecular formula is C6H10ClF3S. The number of rotatable bonds is 4. The Bertz CT molecular complexity index is 104. The summed E-state index contributed by atoms with van der Waals surface area (Å²) in [6.07, 6.45) is -4.04. The molecule has 0 amide bonds. The van der Waals surface area contributed by atoms with E-state index in [1.54, 1.807) is 0 Å². The summed E-state index contributed by atoms with van der Waals surface area (Å²) in [6, 6.07) is 0. The third kappa shape index (κ3) is 8.34. The van der Waals surface area contributed by atoms with Crippen LogP contribution in [0.5, 0.6) is 0 Å². The molecule has 5 heteroatoms. The van der Waals surface area contributed by atoms with Crippen LogP contribution < -0.4 is 0 Å². The Kier molecular flexibility index (Phi) is 5.34. The third-order valence-corrected chi connectivity index (χ3v) is 2.79. The molecule has 0 aliphatic carbocycles. The molecule has 0 saturated heterocycles. The number of alkyl halides is 4. The van der Waals surface area contributed by atoms with Crippen LogP contribution in [0.2, 0.25) is 0 Å². The molecule has 0 aromatic rings. The fourth-order valence-electron chi connectivity index (χ4n) is 0.420. The van der Waals surface area contributed by atoms with E-state index >= 15 is 0 Å². The summed E-state index contributed by atoms with van der Waals surface area (Å²) in [7, 11) is 0. The van der Waals surface area contributed by atoms with Gasteiger partial charge in [-0.2, -0.15) is 24.9 Å². The van der Waals surface area contributed by atoms with Crippen molar-refractivity contribution in [2.75, 3.05) is 17.4 Å². The maximum Gasteiger partial charge on any atom is 0.397 e. The number of hydrogen-bond donors (Lipinski definition) is 0. The van der Waals surface area contributed by atoms with Gasteiger partial charge in [0.25, 0.3) is 0 Å². The summed E-state index contributed by atoms with van der Waals surface area (Å²) in [5.41, 5.74) is 0. The Balaban J connectivity index is 3.28. The van der Waals surface area contributed by atoms with Gasteiger partial charge in [0.1, 0.15) is 0 Å². The van der Waals surface area contributed by atoms with Gasteiger partial charge in [-0.1, -0.05) is 6.92 Å².